The number of rotatable bonds is 11. The number of carbonyl (C=O) groups excluding carboxylic acids is 2. The summed E-state index contributed by atoms with van der Waals surface area (Å²) in [5, 5.41) is 10.1. The highest BCUT2D eigenvalue weighted by atomic mass is 16.5. The van der Waals surface area contributed by atoms with Gasteiger partial charge in [0, 0.05) is 38.6 Å². The summed E-state index contributed by atoms with van der Waals surface area (Å²) < 4.78 is 21.4. The van der Waals surface area contributed by atoms with Crippen LogP contribution in [0.3, 0.4) is 0 Å². The van der Waals surface area contributed by atoms with Gasteiger partial charge >= 0.3 is 0 Å². The van der Waals surface area contributed by atoms with Gasteiger partial charge < -0.3 is 29.4 Å². The van der Waals surface area contributed by atoms with Crippen molar-refractivity contribution in [2.75, 3.05) is 32.8 Å². The molecule has 0 saturated heterocycles. The first-order valence-electron chi connectivity index (χ1n) is 11.7. The van der Waals surface area contributed by atoms with Gasteiger partial charge in [-0.1, -0.05) is 30.8 Å². The molecule has 0 aliphatic heterocycles. The van der Waals surface area contributed by atoms with Crippen molar-refractivity contribution in [3.63, 3.8) is 0 Å². The van der Waals surface area contributed by atoms with Gasteiger partial charge in [-0.05, 0) is 25.0 Å². The zero-order valence-corrected chi connectivity index (χ0v) is 20.1. The van der Waals surface area contributed by atoms with Crippen LogP contribution in [0.1, 0.15) is 63.6 Å². The molecule has 1 fully saturated rings. The molecule has 186 valence electrons. The quantitative estimate of drug-likeness (QED) is 0.375. The SMILES string of the molecule is COCCOc1cc(NC(=O)CCc2nc(C3(NC(C)=O)CCCCCC3)no2)ccc1OC. The van der Waals surface area contributed by atoms with E-state index < -0.39 is 5.54 Å². The normalized spacial score (nSPS) is 15.3. The standard InChI is InChI=1S/C24H34N4O6/c1-17(29)27-24(12-6-4-5-7-13-24)23-26-22(34-28-23)11-10-21(30)25-18-8-9-19(32-3)20(16-18)33-15-14-31-2/h8-9,16H,4-7,10-15H2,1-3H3,(H,25,30)(H,27,29). The monoisotopic (exact) mass is 474 g/mol. The predicted molar refractivity (Wildman–Crippen MR) is 125 cm³/mol. The van der Waals surface area contributed by atoms with Crippen LogP contribution >= 0.6 is 0 Å². The number of anilines is 1. The molecule has 1 aliphatic carbocycles. The number of benzene rings is 1. The number of amides is 2. The van der Waals surface area contributed by atoms with Crippen molar-refractivity contribution in [2.45, 2.75) is 63.8 Å². The first-order chi connectivity index (χ1) is 16.5. The highest BCUT2D eigenvalue weighted by molar-refractivity contribution is 5.91. The number of hydrogen-bond acceptors (Lipinski definition) is 8. The van der Waals surface area contributed by atoms with E-state index in [0.717, 1.165) is 38.5 Å². The molecule has 2 aromatic rings. The highest BCUT2D eigenvalue weighted by Crippen LogP contribution is 2.35. The smallest absolute Gasteiger partial charge is 0.227 e. The van der Waals surface area contributed by atoms with Crippen molar-refractivity contribution >= 4 is 17.5 Å². The second kappa shape index (κ2) is 12.4. The molecule has 3 rings (SSSR count). The summed E-state index contributed by atoms with van der Waals surface area (Å²) in [4.78, 5) is 28.9. The summed E-state index contributed by atoms with van der Waals surface area (Å²) in [6.45, 7) is 2.31. The lowest BCUT2D eigenvalue weighted by molar-refractivity contribution is -0.121. The van der Waals surface area contributed by atoms with Crippen LogP contribution in [0, 0.1) is 0 Å². The molecular weight excluding hydrogens is 440 g/mol. The van der Waals surface area contributed by atoms with E-state index >= 15 is 0 Å². The summed E-state index contributed by atoms with van der Waals surface area (Å²) in [7, 11) is 3.15. The van der Waals surface area contributed by atoms with Gasteiger partial charge in [-0.25, -0.2) is 0 Å². The van der Waals surface area contributed by atoms with E-state index in [-0.39, 0.29) is 18.2 Å². The topological polar surface area (TPSA) is 125 Å². The van der Waals surface area contributed by atoms with Gasteiger partial charge in [0.25, 0.3) is 0 Å². The second-order valence-electron chi connectivity index (χ2n) is 8.44. The van der Waals surface area contributed by atoms with Crippen molar-refractivity contribution in [1.82, 2.24) is 15.5 Å². The Hall–Kier alpha value is -3.14. The maximum atomic E-state index is 12.5. The van der Waals surface area contributed by atoms with E-state index in [4.69, 9.17) is 18.7 Å². The minimum atomic E-state index is -0.603. The highest BCUT2D eigenvalue weighted by Gasteiger charge is 2.38. The molecule has 1 aromatic heterocycles. The molecule has 1 aliphatic rings. The Bertz CT molecular complexity index is 953. The molecule has 1 saturated carbocycles. The van der Waals surface area contributed by atoms with Gasteiger partial charge in [0.15, 0.2) is 17.3 Å². The van der Waals surface area contributed by atoms with E-state index in [1.807, 2.05) is 0 Å². The van der Waals surface area contributed by atoms with Gasteiger partial charge in [0.2, 0.25) is 17.7 Å². The molecule has 2 N–H and O–H groups in total. The van der Waals surface area contributed by atoms with Crippen molar-refractivity contribution in [3.05, 3.63) is 29.9 Å². The molecule has 0 spiro atoms. The summed E-state index contributed by atoms with van der Waals surface area (Å²) >= 11 is 0. The van der Waals surface area contributed by atoms with E-state index in [9.17, 15) is 9.59 Å². The lowest BCUT2D eigenvalue weighted by atomic mass is 9.89. The average molecular weight is 475 g/mol. The molecule has 1 aromatic carbocycles. The number of carbonyl (C=O) groups is 2. The molecule has 0 unspecified atom stereocenters. The van der Waals surface area contributed by atoms with E-state index in [2.05, 4.69) is 20.8 Å². The number of aryl methyl sites for hydroxylation is 1. The van der Waals surface area contributed by atoms with Crippen LogP contribution in [-0.2, 0) is 26.3 Å². The van der Waals surface area contributed by atoms with Gasteiger partial charge in [-0.15, -0.1) is 0 Å². The van der Waals surface area contributed by atoms with Crippen molar-refractivity contribution in [3.8, 4) is 11.5 Å². The molecule has 1 heterocycles. The summed E-state index contributed by atoms with van der Waals surface area (Å²) in [6.07, 6.45) is 6.24. The number of nitrogens with one attached hydrogen (secondary N) is 2. The average Bonchev–Trinajstić information content (AvgIpc) is 3.18. The molecule has 10 heteroatoms. The van der Waals surface area contributed by atoms with E-state index in [1.54, 1.807) is 32.4 Å². The number of hydrogen-bond donors (Lipinski definition) is 2. The van der Waals surface area contributed by atoms with Crippen LogP contribution in [0.5, 0.6) is 11.5 Å². The number of nitrogens with zero attached hydrogens (tertiary/aromatic N) is 2. The number of methoxy groups -OCH3 is 2. The summed E-state index contributed by atoms with van der Waals surface area (Å²) in [6, 6.07) is 5.19. The number of aromatic nitrogens is 2. The van der Waals surface area contributed by atoms with Crippen LogP contribution in [0.15, 0.2) is 22.7 Å². The Labute approximate surface area is 199 Å². The van der Waals surface area contributed by atoms with Crippen molar-refractivity contribution in [1.29, 1.82) is 0 Å². The van der Waals surface area contributed by atoms with Crippen LogP contribution in [0.25, 0.3) is 0 Å². The van der Waals surface area contributed by atoms with Crippen LogP contribution in [0.2, 0.25) is 0 Å². The molecule has 10 nitrogen and oxygen atoms in total. The zero-order chi connectivity index (χ0) is 24.4. The fraction of sp³-hybridized carbons (Fsp3) is 0.583. The zero-order valence-electron chi connectivity index (χ0n) is 20.1. The van der Waals surface area contributed by atoms with Crippen molar-refractivity contribution in [2.24, 2.45) is 0 Å². The minimum absolute atomic E-state index is 0.113. The maximum absolute atomic E-state index is 12.5. The fourth-order valence-corrected chi connectivity index (χ4v) is 4.17. The lowest BCUT2D eigenvalue weighted by Gasteiger charge is -2.30. The maximum Gasteiger partial charge on any atom is 0.227 e. The molecular formula is C24H34N4O6. The largest absolute Gasteiger partial charge is 0.493 e. The van der Waals surface area contributed by atoms with Gasteiger partial charge in [0.05, 0.1) is 13.7 Å². The Morgan fingerprint density at radius 3 is 2.53 bits per heavy atom. The van der Waals surface area contributed by atoms with Gasteiger partial charge in [-0.2, -0.15) is 4.98 Å². The fourth-order valence-electron chi connectivity index (χ4n) is 4.17. The molecule has 34 heavy (non-hydrogen) atoms. The van der Waals surface area contributed by atoms with Gasteiger partial charge in [0.1, 0.15) is 12.1 Å². The molecule has 0 atom stereocenters. The first-order valence-corrected chi connectivity index (χ1v) is 11.7. The summed E-state index contributed by atoms with van der Waals surface area (Å²) in [5.74, 6) is 1.65. The van der Waals surface area contributed by atoms with E-state index in [1.165, 1.54) is 6.92 Å². The van der Waals surface area contributed by atoms with Crippen LogP contribution < -0.4 is 20.1 Å². The first kappa shape index (κ1) is 25.5. The second-order valence-corrected chi connectivity index (χ2v) is 8.44. The molecule has 0 radical (unpaired) electrons. The predicted octanol–water partition coefficient (Wildman–Crippen LogP) is 3.36. The Morgan fingerprint density at radius 2 is 1.85 bits per heavy atom. The lowest BCUT2D eigenvalue weighted by Crippen LogP contribution is -2.45. The number of ether oxygens (including phenoxy) is 3. The van der Waals surface area contributed by atoms with Crippen LogP contribution in [0.4, 0.5) is 5.69 Å². The Balaban J connectivity index is 1.60. The Morgan fingerprint density at radius 1 is 1.09 bits per heavy atom. The van der Waals surface area contributed by atoms with Crippen molar-refractivity contribution < 1.29 is 28.3 Å². The van der Waals surface area contributed by atoms with Gasteiger partial charge in [-0.3, -0.25) is 9.59 Å². The van der Waals surface area contributed by atoms with Crippen LogP contribution in [-0.4, -0.2) is 49.4 Å². The summed E-state index contributed by atoms with van der Waals surface area (Å²) in [5.41, 5.74) is -0.0122. The Kier molecular flexibility index (Phi) is 9.26. The molecule has 2 amide bonds. The van der Waals surface area contributed by atoms with E-state index in [0.29, 0.717) is 48.5 Å². The minimum Gasteiger partial charge on any atom is -0.493 e. The molecule has 0 bridgehead atoms. The third kappa shape index (κ3) is 6.93. The third-order valence-electron chi connectivity index (χ3n) is 5.83. The third-order valence-corrected chi connectivity index (χ3v) is 5.83.